The van der Waals surface area contributed by atoms with Gasteiger partial charge in [-0.05, 0) is 33.1 Å². The van der Waals surface area contributed by atoms with Gasteiger partial charge >= 0.3 is 5.69 Å². The van der Waals surface area contributed by atoms with Gasteiger partial charge in [-0.2, -0.15) is 4.98 Å². The Labute approximate surface area is 182 Å². The third-order valence-corrected chi connectivity index (χ3v) is 5.81. The van der Waals surface area contributed by atoms with Gasteiger partial charge in [-0.3, -0.25) is 9.13 Å². The van der Waals surface area contributed by atoms with Crippen LogP contribution in [-0.2, 0) is 27.8 Å². The zero-order valence-electron chi connectivity index (χ0n) is 18.8. The first-order chi connectivity index (χ1) is 14.4. The monoisotopic (exact) mass is 462 g/mol. The van der Waals surface area contributed by atoms with Gasteiger partial charge in [0.2, 0.25) is 0 Å². The summed E-state index contributed by atoms with van der Waals surface area (Å²) in [6, 6.07) is 0. The number of phosphoric ester groups is 1. The van der Waals surface area contributed by atoms with Crippen molar-refractivity contribution in [3.05, 3.63) is 22.2 Å². The van der Waals surface area contributed by atoms with E-state index in [2.05, 4.69) is 4.98 Å². The van der Waals surface area contributed by atoms with Crippen molar-refractivity contribution in [1.82, 2.24) is 9.55 Å². The lowest BCUT2D eigenvalue weighted by molar-refractivity contribution is -0.237. The fourth-order valence-electron chi connectivity index (χ4n) is 3.35. The molecule has 1 saturated heterocycles. The first-order valence-corrected chi connectivity index (χ1v) is 11.7. The predicted octanol–water partition coefficient (Wildman–Crippen LogP) is 1.39. The van der Waals surface area contributed by atoms with Crippen LogP contribution in [0.25, 0.3) is 0 Å². The first-order valence-electron chi connectivity index (χ1n) is 10.2. The zero-order valence-corrected chi connectivity index (χ0v) is 19.7. The molecule has 0 amide bonds. The van der Waals surface area contributed by atoms with E-state index in [-0.39, 0.29) is 24.9 Å². The highest BCUT2D eigenvalue weighted by Crippen LogP contribution is 2.47. The average Bonchev–Trinajstić information content (AvgIpc) is 2.93. The molecule has 1 aromatic heterocycles. The molecular formula is C19H33N3O8P-. The quantitative estimate of drug-likeness (QED) is 0.378. The van der Waals surface area contributed by atoms with E-state index >= 15 is 0 Å². The summed E-state index contributed by atoms with van der Waals surface area (Å²) in [6.07, 6.45) is -2.20. The Morgan fingerprint density at radius 1 is 1.29 bits per heavy atom. The van der Waals surface area contributed by atoms with Crippen molar-refractivity contribution >= 4 is 13.6 Å². The van der Waals surface area contributed by atoms with Gasteiger partial charge in [0.15, 0.2) is 6.23 Å². The molecule has 2 heterocycles. The average molecular weight is 462 g/mol. The number of aromatic nitrogens is 2. The molecule has 11 nitrogen and oxygen atoms in total. The summed E-state index contributed by atoms with van der Waals surface area (Å²) < 4.78 is 41.2. The highest BCUT2D eigenvalue weighted by Gasteiger charge is 2.49. The van der Waals surface area contributed by atoms with E-state index in [9.17, 15) is 14.3 Å². The smallest absolute Gasteiger partial charge is 0.351 e. The van der Waals surface area contributed by atoms with Gasteiger partial charge in [0.25, 0.3) is 7.82 Å². The van der Waals surface area contributed by atoms with Crippen molar-refractivity contribution in [1.29, 1.82) is 0 Å². The second-order valence-corrected chi connectivity index (χ2v) is 9.51. The molecule has 1 aliphatic heterocycles. The molecule has 31 heavy (non-hydrogen) atoms. The molecule has 12 heteroatoms. The van der Waals surface area contributed by atoms with Crippen LogP contribution < -0.4 is 16.3 Å². The highest BCUT2D eigenvalue weighted by atomic mass is 31.2. The Morgan fingerprint density at radius 3 is 2.55 bits per heavy atom. The molecule has 2 rings (SSSR count). The maximum Gasteiger partial charge on any atom is 0.351 e. The normalized spacial score (nSPS) is 26.0. The van der Waals surface area contributed by atoms with E-state index in [1.165, 1.54) is 17.9 Å². The van der Waals surface area contributed by atoms with Gasteiger partial charge in [0.05, 0.1) is 25.4 Å². The third kappa shape index (κ3) is 7.08. The lowest BCUT2D eigenvalue weighted by Gasteiger charge is -2.32. The highest BCUT2D eigenvalue weighted by molar-refractivity contribution is 7.45. The van der Waals surface area contributed by atoms with Gasteiger partial charge < -0.3 is 33.9 Å². The summed E-state index contributed by atoms with van der Waals surface area (Å²) >= 11 is 0. The van der Waals surface area contributed by atoms with Crippen molar-refractivity contribution in [3.8, 4) is 0 Å². The van der Waals surface area contributed by atoms with Crippen LogP contribution in [0.15, 0.2) is 11.0 Å². The number of nitrogens with two attached hydrogens (primary N) is 1. The largest absolute Gasteiger partial charge is 0.756 e. The van der Waals surface area contributed by atoms with Crippen molar-refractivity contribution in [2.45, 2.75) is 71.7 Å². The van der Waals surface area contributed by atoms with Crippen LogP contribution in [0.2, 0.25) is 0 Å². The van der Waals surface area contributed by atoms with Crippen LogP contribution in [0.4, 0.5) is 5.82 Å². The molecular weight excluding hydrogens is 429 g/mol. The minimum atomic E-state index is -4.67. The molecule has 0 aromatic carbocycles. The summed E-state index contributed by atoms with van der Waals surface area (Å²) in [5.74, 6) is 0.270. The molecule has 0 radical (unpaired) electrons. The number of aryl methyl sites for hydroxylation is 1. The van der Waals surface area contributed by atoms with Crippen molar-refractivity contribution in [2.24, 2.45) is 5.92 Å². The minimum Gasteiger partial charge on any atom is -0.756 e. The second-order valence-electron chi connectivity index (χ2n) is 8.19. The molecule has 2 N–H and O–H groups in total. The van der Waals surface area contributed by atoms with Crippen LogP contribution in [0.3, 0.4) is 0 Å². The number of rotatable bonds is 11. The topological polar surface area (TPSA) is 147 Å². The van der Waals surface area contributed by atoms with Gasteiger partial charge in [-0.25, -0.2) is 4.79 Å². The molecule has 0 saturated carbocycles. The number of nitrogens with zero attached hydrogens (tertiary/aromatic N) is 2. The summed E-state index contributed by atoms with van der Waals surface area (Å²) in [7, 11) is -3.15. The van der Waals surface area contributed by atoms with Gasteiger partial charge in [-0.1, -0.05) is 13.8 Å². The molecule has 1 aliphatic rings. The number of hydrogen-bond donors (Lipinski definition) is 1. The van der Waals surface area contributed by atoms with Gasteiger partial charge in [0.1, 0.15) is 18.0 Å². The van der Waals surface area contributed by atoms with E-state index in [4.69, 9.17) is 29.0 Å². The minimum absolute atomic E-state index is 0.108. The Hall–Kier alpha value is -1.33. The third-order valence-electron chi connectivity index (χ3n) is 4.63. The molecule has 0 bridgehead atoms. The number of nitrogen functional groups attached to an aromatic ring is 1. The number of hydrogen-bond acceptors (Lipinski definition) is 10. The van der Waals surface area contributed by atoms with E-state index < -0.39 is 44.2 Å². The standard InChI is InChI=1S/C19H34N3O8P/c1-11(2)9-14-15(30-31(24,25)29-12(3)4)16(27-8-7-26-6)18(28-14)22-10-13(5)17(20)21-19(22)23/h10-12,14-16,18H,7-9H2,1-6H3,(H,24,25)(H2,20,21,23)/p-1/t14-,15+,16?,18-/m1/s1. The second kappa shape index (κ2) is 11.0. The maximum atomic E-state index is 12.6. The van der Waals surface area contributed by atoms with Crippen molar-refractivity contribution in [3.63, 3.8) is 0 Å². The van der Waals surface area contributed by atoms with Crippen LogP contribution >= 0.6 is 7.82 Å². The zero-order chi connectivity index (χ0) is 23.3. The van der Waals surface area contributed by atoms with Crippen LogP contribution in [0, 0.1) is 12.8 Å². The first kappa shape index (κ1) is 25.9. The Bertz CT molecular complexity index is 831. The van der Waals surface area contributed by atoms with Crippen molar-refractivity contribution in [2.75, 3.05) is 26.1 Å². The van der Waals surface area contributed by atoms with Crippen LogP contribution in [0.5, 0.6) is 0 Å². The fourth-order valence-corrected chi connectivity index (χ4v) is 4.47. The summed E-state index contributed by atoms with van der Waals surface area (Å²) in [5.41, 5.74) is 5.67. The number of ether oxygens (including phenoxy) is 3. The fraction of sp³-hybridized carbons (Fsp3) is 0.789. The number of anilines is 1. The Morgan fingerprint density at radius 2 is 1.97 bits per heavy atom. The number of methoxy groups -OCH3 is 1. The number of phosphoric acid groups is 1. The molecule has 5 atom stereocenters. The summed E-state index contributed by atoms with van der Waals surface area (Å²) in [6.45, 7) is 9.21. The van der Waals surface area contributed by atoms with Gasteiger partial charge in [0, 0.05) is 18.9 Å². The molecule has 2 unspecified atom stereocenters. The maximum absolute atomic E-state index is 12.6. The summed E-state index contributed by atoms with van der Waals surface area (Å²) in [5, 5.41) is 0. The molecule has 1 aromatic rings. The lowest BCUT2D eigenvalue weighted by atomic mass is 10.0. The molecule has 178 valence electrons. The van der Waals surface area contributed by atoms with E-state index in [0.29, 0.717) is 12.0 Å². The molecule has 0 spiro atoms. The molecule has 1 fully saturated rings. The van der Waals surface area contributed by atoms with Crippen molar-refractivity contribution < 1.29 is 32.7 Å². The molecule has 0 aliphatic carbocycles. The van der Waals surface area contributed by atoms with E-state index in [1.807, 2.05) is 13.8 Å². The SMILES string of the molecule is COCCOC1[C@@H](OP(=O)([O-])OC(C)C)[C@@H](CC(C)C)O[C@H]1n1cc(C)c(N)nc1=O. The summed E-state index contributed by atoms with van der Waals surface area (Å²) in [4.78, 5) is 28.8. The van der Waals surface area contributed by atoms with Crippen LogP contribution in [-0.4, -0.2) is 54.3 Å². The predicted molar refractivity (Wildman–Crippen MR) is 111 cm³/mol. The van der Waals surface area contributed by atoms with Gasteiger partial charge in [-0.15, -0.1) is 0 Å². The Balaban J connectivity index is 2.45. The Kier molecular flexibility index (Phi) is 9.20. The van der Waals surface area contributed by atoms with E-state index in [1.54, 1.807) is 20.8 Å². The lowest BCUT2D eigenvalue weighted by Crippen LogP contribution is -2.40. The van der Waals surface area contributed by atoms with Crippen LogP contribution in [0.1, 0.15) is 45.9 Å². The van der Waals surface area contributed by atoms with E-state index in [0.717, 1.165) is 0 Å².